The van der Waals surface area contributed by atoms with Crippen LogP contribution >= 0.6 is 23.1 Å². The Morgan fingerprint density at radius 3 is 2.80 bits per heavy atom. The molecule has 0 spiro atoms. The highest BCUT2D eigenvalue weighted by atomic mass is 32.2. The van der Waals surface area contributed by atoms with E-state index in [2.05, 4.69) is 9.97 Å². The lowest BCUT2D eigenvalue weighted by molar-refractivity contribution is 0.198. The van der Waals surface area contributed by atoms with Crippen molar-refractivity contribution >= 4 is 23.1 Å². The molecule has 0 aliphatic rings. The van der Waals surface area contributed by atoms with Crippen molar-refractivity contribution in [3.63, 3.8) is 0 Å². The van der Waals surface area contributed by atoms with Gasteiger partial charge in [-0.25, -0.2) is 9.97 Å². The standard InChI is InChI=1S/C10H10N2OS2/c1-7(13)8-2-3-9(12-6-8)15-10-11-4-5-14-10/h2-7,13H,1H3. The second-order valence-electron chi connectivity index (χ2n) is 3.01. The minimum Gasteiger partial charge on any atom is -0.389 e. The van der Waals surface area contributed by atoms with Gasteiger partial charge in [-0.05, 0) is 30.3 Å². The molecule has 2 heterocycles. The van der Waals surface area contributed by atoms with Crippen LogP contribution in [0.1, 0.15) is 18.6 Å². The van der Waals surface area contributed by atoms with Crippen LogP contribution < -0.4 is 0 Å². The number of hydrogen-bond donors (Lipinski definition) is 1. The summed E-state index contributed by atoms with van der Waals surface area (Å²) in [6.45, 7) is 1.73. The fourth-order valence-corrected chi connectivity index (χ4v) is 2.56. The van der Waals surface area contributed by atoms with E-state index in [-0.39, 0.29) is 0 Å². The van der Waals surface area contributed by atoms with E-state index in [1.54, 1.807) is 30.7 Å². The second kappa shape index (κ2) is 4.74. The second-order valence-corrected chi connectivity index (χ2v) is 5.17. The molecular formula is C10H10N2OS2. The van der Waals surface area contributed by atoms with Gasteiger partial charge in [0.05, 0.1) is 6.10 Å². The van der Waals surface area contributed by atoms with Crippen molar-refractivity contribution < 1.29 is 5.11 Å². The van der Waals surface area contributed by atoms with E-state index in [0.29, 0.717) is 0 Å². The number of aromatic nitrogens is 2. The van der Waals surface area contributed by atoms with Crippen LogP contribution in [0, 0.1) is 0 Å². The molecule has 0 bridgehead atoms. The van der Waals surface area contributed by atoms with Crippen molar-refractivity contribution in [1.29, 1.82) is 0 Å². The molecule has 15 heavy (non-hydrogen) atoms. The smallest absolute Gasteiger partial charge is 0.156 e. The summed E-state index contributed by atoms with van der Waals surface area (Å²) >= 11 is 3.12. The predicted molar refractivity (Wildman–Crippen MR) is 61.1 cm³/mol. The fraction of sp³-hybridized carbons (Fsp3) is 0.200. The summed E-state index contributed by atoms with van der Waals surface area (Å²) in [5.74, 6) is 0. The van der Waals surface area contributed by atoms with Gasteiger partial charge in [-0.15, -0.1) is 11.3 Å². The van der Waals surface area contributed by atoms with Crippen molar-refractivity contribution in [2.45, 2.75) is 22.4 Å². The van der Waals surface area contributed by atoms with Gasteiger partial charge in [0.15, 0.2) is 4.34 Å². The Bertz CT molecular complexity index is 411. The molecule has 1 N–H and O–H groups in total. The van der Waals surface area contributed by atoms with Crippen LogP contribution in [-0.4, -0.2) is 15.1 Å². The Morgan fingerprint density at radius 2 is 2.27 bits per heavy atom. The van der Waals surface area contributed by atoms with Crippen LogP contribution in [0.4, 0.5) is 0 Å². The predicted octanol–water partition coefficient (Wildman–Crippen LogP) is 2.74. The van der Waals surface area contributed by atoms with Crippen molar-refractivity contribution in [3.05, 3.63) is 35.5 Å². The van der Waals surface area contributed by atoms with Gasteiger partial charge in [-0.1, -0.05) is 6.07 Å². The van der Waals surface area contributed by atoms with Gasteiger partial charge in [-0.2, -0.15) is 0 Å². The molecule has 0 amide bonds. The van der Waals surface area contributed by atoms with E-state index in [1.165, 1.54) is 11.8 Å². The number of pyridine rings is 1. The van der Waals surface area contributed by atoms with Gasteiger partial charge in [-0.3, -0.25) is 0 Å². The lowest BCUT2D eigenvalue weighted by Crippen LogP contribution is -1.91. The molecule has 1 unspecified atom stereocenters. The topological polar surface area (TPSA) is 46.0 Å². The van der Waals surface area contributed by atoms with Crippen molar-refractivity contribution in [2.75, 3.05) is 0 Å². The number of aliphatic hydroxyl groups excluding tert-OH is 1. The Labute approximate surface area is 96.2 Å². The van der Waals surface area contributed by atoms with Crippen LogP contribution in [0.3, 0.4) is 0 Å². The number of hydrogen-bond acceptors (Lipinski definition) is 5. The van der Waals surface area contributed by atoms with Gasteiger partial charge in [0.1, 0.15) is 5.03 Å². The maximum atomic E-state index is 9.31. The van der Waals surface area contributed by atoms with Crippen LogP contribution in [-0.2, 0) is 0 Å². The first-order chi connectivity index (χ1) is 7.25. The van der Waals surface area contributed by atoms with Gasteiger partial charge in [0.2, 0.25) is 0 Å². The molecule has 0 aliphatic carbocycles. The summed E-state index contributed by atoms with van der Waals surface area (Å²) in [6, 6.07) is 3.78. The van der Waals surface area contributed by atoms with E-state index in [0.717, 1.165) is 14.9 Å². The average molecular weight is 238 g/mol. The summed E-state index contributed by atoms with van der Waals surface area (Å²) < 4.78 is 0.979. The third kappa shape index (κ3) is 2.77. The van der Waals surface area contributed by atoms with Gasteiger partial charge in [0.25, 0.3) is 0 Å². The summed E-state index contributed by atoms with van der Waals surface area (Å²) in [5.41, 5.74) is 0.832. The third-order valence-electron chi connectivity index (χ3n) is 1.84. The maximum absolute atomic E-state index is 9.31. The molecule has 0 saturated carbocycles. The number of nitrogens with zero attached hydrogens (tertiary/aromatic N) is 2. The van der Waals surface area contributed by atoms with Gasteiger partial charge < -0.3 is 5.11 Å². The molecule has 0 saturated heterocycles. The highest BCUT2D eigenvalue weighted by Crippen LogP contribution is 2.27. The van der Waals surface area contributed by atoms with E-state index in [1.807, 2.05) is 17.5 Å². The molecule has 2 rings (SSSR count). The highest BCUT2D eigenvalue weighted by molar-refractivity contribution is 8.00. The van der Waals surface area contributed by atoms with Crippen molar-refractivity contribution in [2.24, 2.45) is 0 Å². The summed E-state index contributed by atoms with van der Waals surface area (Å²) in [4.78, 5) is 8.41. The van der Waals surface area contributed by atoms with E-state index in [9.17, 15) is 5.11 Å². The van der Waals surface area contributed by atoms with E-state index >= 15 is 0 Å². The van der Waals surface area contributed by atoms with E-state index < -0.39 is 6.10 Å². The molecule has 0 aromatic carbocycles. The Hall–Kier alpha value is -0.910. The minimum absolute atomic E-state index is 0.462. The monoisotopic (exact) mass is 238 g/mol. The van der Waals surface area contributed by atoms with Crippen LogP contribution in [0.25, 0.3) is 0 Å². The molecule has 2 aromatic rings. The molecule has 5 heteroatoms. The molecular weight excluding hydrogens is 228 g/mol. The lowest BCUT2D eigenvalue weighted by atomic mass is 10.2. The highest BCUT2D eigenvalue weighted by Gasteiger charge is 2.03. The quantitative estimate of drug-likeness (QED) is 0.893. The zero-order valence-electron chi connectivity index (χ0n) is 8.12. The Balaban J connectivity index is 2.11. The van der Waals surface area contributed by atoms with Gasteiger partial charge >= 0.3 is 0 Å². The van der Waals surface area contributed by atoms with Crippen molar-refractivity contribution in [3.8, 4) is 0 Å². The molecule has 3 nitrogen and oxygen atoms in total. The molecule has 2 aromatic heterocycles. The molecule has 1 atom stereocenters. The number of thiazole rings is 1. The molecule has 0 fully saturated rings. The average Bonchev–Trinajstić information content (AvgIpc) is 2.71. The molecule has 78 valence electrons. The Morgan fingerprint density at radius 1 is 1.40 bits per heavy atom. The number of aliphatic hydroxyl groups is 1. The number of rotatable bonds is 3. The lowest BCUT2D eigenvalue weighted by Gasteiger charge is -2.03. The molecule has 0 aliphatic heterocycles. The first kappa shape index (κ1) is 10.6. The zero-order valence-corrected chi connectivity index (χ0v) is 9.76. The maximum Gasteiger partial charge on any atom is 0.156 e. The minimum atomic E-state index is -0.462. The third-order valence-corrected chi connectivity index (χ3v) is 3.68. The summed E-state index contributed by atoms with van der Waals surface area (Å²) in [6.07, 6.45) is 3.01. The summed E-state index contributed by atoms with van der Waals surface area (Å²) in [7, 11) is 0. The molecule has 0 radical (unpaired) electrons. The van der Waals surface area contributed by atoms with Crippen LogP contribution in [0.15, 0.2) is 39.3 Å². The van der Waals surface area contributed by atoms with Crippen LogP contribution in [0.2, 0.25) is 0 Å². The van der Waals surface area contributed by atoms with Crippen molar-refractivity contribution in [1.82, 2.24) is 9.97 Å². The summed E-state index contributed by atoms with van der Waals surface area (Å²) in [5, 5.41) is 12.1. The largest absolute Gasteiger partial charge is 0.389 e. The van der Waals surface area contributed by atoms with Crippen LogP contribution in [0.5, 0.6) is 0 Å². The normalized spacial score (nSPS) is 12.7. The first-order valence-corrected chi connectivity index (χ1v) is 6.16. The van der Waals surface area contributed by atoms with Gasteiger partial charge in [0, 0.05) is 17.8 Å². The fourth-order valence-electron chi connectivity index (χ4n) is 1.05. The zero-order chi connectivity index (χ0) is 10.7. The Kier molecular flexibility index (Phi) is 3.35. The SMILES string of the molecule is CC(O)c1ccc(Sc2nccs2)nc1. The van der Waals surface area contributed by atoms with E-state index in [4.69, 9.17) is 0 Å². The first-order valence-electron chi connectivity index (χ1n) is 4.47.